The monoisotopic (exact) mass is 435 g/mol. The van der Waals surface area contributed by atoms with Crippen molar-refractivity contribution in [2.24, 2.45) is 4.99 Å². The van der Waals surface area contributed by atoms with E-state index in [-0.39, 0.29) is 30.1 Å². The van der Waals surface area contributed by atoms with E-state index in [2.05, 4.69) is 41.6 Å². The Bertz CT molecular complexity index is 416. The number of hydrogen-bond donors (Lipinski definition) is 2. The van der Waals surface area contributed by atoms with Crippen molar-refractivity contribution < 1.29 is 9.47 Å². The van der Waals surface area contributed by atoms with Gasteiger partial charge in [-0.25, -0.2) is 0 Å². The Hall–Kier alpha value is -0.860. The lowest BCUT2D eigenvalue weighted by Gasteiger charge is -2.13. The zero-order valence-corrected chi connectivity index (χ0v) is 16.7. The second-order valence-electron chi connectivity index (χ2n) is 4.96. The minimum atomic E-state index is 0. The molecule has 0 saturated heterocycles. The molecule has 0 radical (unpaired) electrons. The minimum Gasteiger partial charge on any atom is -0.383 e. The summed E-state index contributed by atoms with van der Waals surface area (Å²) >= 11 is 0. The van der Waals surface area contributed by atoms with Gasteiger partial charge >= 0.3 is 0 Å². The Morgan fingerprint density at radius 1 is 1.17 bits per heavy atom. The molecule has 0 aliphatic heterocycles. The van der Waals surface area contributed by atoms with Crippen molar-refractivity contribution in [2.45, 2.75) is 26.4 Å². The first-order valence-electron chi connectivity index (χ1n) is 7.95. The standard InChI is InChI=1S/C17H29N3O2.HI/c1-4-18-17(20-12-14-21-3)19-11-8-13-22-15(2)16-9-6-5-7-10-16;/h5-7,9-10,15H,4,8,11-14H2,1-3H3,(H2,18,19,20);1H. The fraction of sp³-hybridized carbons (Fsp3) is 0.588. The number of aliphatic imine (C=N–C) groups is 1. The average Bonchev–Trinajstić information content (AvgIpc) is 2.55. The van der Waals surface area contributed by atoms with Gasteiger partial charge in [0, 0.05) is 33.4 Å². The molecule has 0 fully saturated rings. The fourth-order valence-electron chi connectivity index (χ4n) is 1.95. The molecule has 23 heavy (non-hydrogen) atoms. The summed E-state index contributed by atoms with van der Waals surface area (Å²) in [5, 5.41) is 6.43. The summed E-state index contributed by atoms with van der Waals surface area (Å²) in [6.45, 7) is 7.85. The number of methoxy groups -OCH3 is 1. The van der Waals surface area contributed by atoms with Crippen LogP contribution >= 0.6 is 24.0 Å². The maximum absolute atomic E-state index is 5.84. The van der Waals surface area contributed by atoms with E-state index in [0.717, 1.165) is 32.0 Å². The minimum absolute atomic E-state index is 0. The van der Waals surface area contributed by atoms with Gasteiger partial charge in [-0.15, -0.1) is 24.0 Å². The zero-order chi connectivity index (χ0) is 16.0. The third kappa shape index (κ3) is 10.5. The molecule has 0 amide bonds. The first-order chi connectivity index (χ1) is 10.8. The topological polar surface area (TPSA) is 54.9 Å². The van der Waals surface area contributed by atoms with Gasteiger partial charge in [0.2, 0.25) is 0 Å². The predicted molar refractivity (Wildman–Crippen MR) is 107 cm³/mol. The van der Waals surface area contributed by atoms with E-state index in [1.54, 1.807) is 7.11 Å². The van der Waals surface area contributed by atoms with E-state index in [4.69, 9.17) is 9.47 Å². The molecule has 1 unspecified atom stereocenters. The van der Waals surface area contributed by atoms with Gasteiger partial charge in [0.1, 0.15) is 0 Å². The highest BCUT2D eigenvalue weighted by atomic mass is 127. The molecule has 5 nitrogen and oxygen atoms in total. The molecular weight excluding hydrogens is 405 g/mol. The molecule has 2 N–H and O–H groups in total. The Labute approximate surface area is 157 Å². The average molecular weight is 435 g/mol. The number of halogens is 1. The summed E-state index contributed by atoms with van der Waals surface area (Å²) in [6.07, 6.45) is 1.02. The molecule has 1 atom stereocenters. The molecule has 1 aromatic rings. The van der Waals surface area contributed by atoms with E-state index in [1.807, 2.05) is 18.2 Å². The van der Waals surface area contributed by atoms with Crippen LogP contribution in [0.2, 0.25) is 0 Å². The maximum Gasteiger partial charge on any atom is 0.191 e. The van der Waals surface area contributed by atoms with Gasteiger partial charge in [-0.2, -0.15) is 0 Å². The van der Waals surface area contributed by atoms with Crippen molar-refractivity contribution in [1.82, 2.24) is 10.6 Å². The quantitative estimate of drug-likeness (QED) is 0.257. The Morgan fingerprint density at radius 2 is 1.91 bits per heavy atom. The van der Waals surface area contributed by atoms with Crippen molar-refractivity contribution in [3.8, 4) is 0 Å². The summed E-state index contributed by atoms with van der Waals surface area (Å²) in [7, 11) is 1.69. The fourth-order valence-corrected chi connectivity index (χ4v) is 1.95. The Balaban J connectivity index is 0.00000484. The van der Waals surface area contributed by atoms with Crippen LogP contribution < -0.4 is 10.6 Å². The van der Waals surface area contributed by atoms with Crippen molar-refractivity contribution in [3.63, 3.8) is 0 Å². The van der Waals surface area contributed by atoms with Crippen LogP contribution in [0.1, 0.15) is 31.9 Å². The highest BCUT2D eigenvalue weighted by Gasteiger charge is 2.04. The number of ether oxygens (including phenoxy) is 2. The number of hydrogen-bond acceptors (Lipinski definition) is 3. The van der Waals surface area contributed by atoms with E-state index < -0.39 is 0 Å². The van der Waals surface area contributed by atoms with Gasteiger partial charge in [-0.3, -0.25) is 4.99 Å². The van der Waals surface area contributed by atoms with Crippen LogP contribution in [-0.2, 0) is 9.47 Å². The number of nitrogens with one attached hydrogen (secondary N) is 2. The van der Waals surface area contributed by atoms with Gasteiger partial charge in [0.15, 0.2) is 5.96 Å². The van der Waals surface area contributed by atoms with Crippen LogP contribution in [0.25, 0.3) is 0 Å². The molecule has 0 aliphatic rings. The van der Waals surface area contributed by atoms with Gasteiger partial charge < -0.3 is 20.1 Å². The van der Waals surface area contributed by atoms with Gasteiger partial charge in [-0.05, 0) is 25.8 Å². The molecule has 1 aromatic carbocycles. The Kier molecular flexibility index (Phi) is 14.2. The van der Waals surface area contributed by atoms with Crippen molar-refractivity contribution in [1.29, 1.82) is 0 Å². The molecule has 0 heterocycles. The molecule has 0 aromatic heterocycles. The molecule has 132 valence electrons. The summed E-state index contributed by atoms with van der Waals surface area (Å²) in [4.78, 5) is 4.51. The lowest BCUT2D eigenvalue weighted by Crippen LogP contribution is -2.39. The van der Waals surface area contributed by atoms with Crippen LogP contribution in [0.4, 0.5) is 0 Å². The van der Waals surface area contributed by atoms with Crippen LogP contribution in [0.5, 0.6) is 0 Å². The Morgan fingerprint density at radius 3 is 2.57 bits per heavy atom. The summed E-state index contributed by atoms with van der Waals surface area (Å²) in [5.74, 6) is 0.829. The van der Waals surface area contributed by atoms with E-state index in [1.165, 1.54) is 5.56 Å². The van der Waals surface area contributed by atoms with Crippen molar-refractivity contribution in [3.05, 3.63) is 35.9 Å². The lowest BCUT2D eigenvalue weighted by molar-refractivity contribution is 0.0652. The third-order valence-electron chi connectivity index (χ3n) is 3.15. The smallest absolute Gasteiger partial charge is 0.191 e. The molecule has 0 bridgehead atoms. The van der Waals surface area contributed by atoms with Crippen molar-refractivity contribution in [2.75, 3.05) is 40.0 Å². The predicted octanol–water partition coefficient (Wildman–Crippen LogP) is 2.97. The van der Waals surface area contributed by atoms with Gasteiger partial charge in [0.05, 0.1) is 12.7 Å². The van der Waals surface area contributed by atoms with Crippen LogP contribution in [-0.4, -0.2) is 45.9 Å². The summed E-state index contributed by atoms with van der Waals surface area (Å²) in [5.41, 5.74) is 1.21. The third-order valence-corrected chi connectivity index (χ3v) is 3.15. The first-order valence-corrected chi connectivity index (χ1v) is 7.95. The van der Waals surface area contributed by atoms with Gasteiger partial charge in [0.25, 0.3) is 0 Å². The van der Waals surface area contributed by atoms with Crippen LogP contribution in [0, 0.1) is 0 Å². The second-order valence-corrected chi connectivity index (χ2v) is 4.96. The van der Waals surface area contributed by atoms with E-state index >= 15 is 0 Å². The zero-order valence-electron chi connectivity index (χ0n) is 14.4. The highest BCUT2D eigenvalue weighted by Crippen LogP contribution is 2.15. The molecule has 0 spiro atoms. The van der Waals surface area contributed by atoms with E-state index in [0.29, 0.717) is 13.2 Å². The molecule has 1 rings (SSSR count). The number of benzene rings is 1. The van der Waals surface area contributed by atoms with Gasteiger partial charge in [-0.1, -0.05) is 30.3 Å². The second kappa shape index (κ2) is 14.7. The lowest BCUT2D eigenvalue weighted by atomic mass is 10.1. The SMILES string of the molecule is CCNC(=NCCCOC(C)c1ccccc1)NCCOC.I. The van der Waals surface area contributed by atoms with Crippen LogP contribution in [0.3, 0.4) is 0 Å². The first kappa shape index (κ1) is 22.1. The molecule has 6 heteroatoms. The number of guanidine groups is 1. The van der Waals surface area contributed by atoms with Crippen LogP contribution in [0.15, 0.2) is 35.3 Å². The molecular formula is C17H30IN3O2. The normalized spacial score (nSPS) is 12.4. The van der Waals surface area contributed by atoms with Crippen molar-refractivity contribution >= 4 is 29.9 Å². The number of nitrogens with zero attached hydrogens (tertiary/aromatic N) is 1. The molecule has 0 aliphatic carbocycles. The molecule has 0 saturated carbocycles. The number of rotatable bonds is 10. The highest BCUT2D eigenvalue weighted by molar-refractivity contribution is 14.0. The largest absolute Gasteiger partial charge is 0.383 e. The van der Waals surface area contributed by atoms with E-state index in [9.17, 15) is 0 Å². The summed E-state index contributed by atoms with van der Waals surface area (Å²) < 4.78 is 10.9. The summed E-state index contributed by atoms with van der Waals surface area (Å²) in [6, 6.07) is 10.3. The maximum atomic E-state index is 5.84.